The average Bonchev–Trinajstić information content (AvgIpc) is 3.22. The maximum absolute atomic E-state index is 13.5. The standard InChI is InChI=1S/C17H26N4O2S/c1-12-16(13(2)19-18-12)24(22,23)21-11-15-9-6-10-20(15)17(21)14-7-4-3-5-8-14/h3-5,7-8,12-13,15-19H,6,9-11H2,1-2H3. The lowest BCUT2D eigenvalue weighted by atomic mass is 10.1. The molecule has 6 nitrogen and oxygen atoms in total. The van der Waals surface area contributed by atoms with Crippen LogP contribution in [0.3, 0.4) is 0 Å². The Hall–Kier alpha value is -0.990. The smallest absolute Gasteiger partial charge is 0.221 e. The highest BCUT2D eigenvalue weighted by molar-refractivity contribution is 7.89. The lowest BCUT2D eigenvalue weighted by molar-refractivity contribution is 0.196. The Kier molecular flexibility index (Phi) is 4.17. The number of rotatable bonds is 3. The molecule has 3 saturated heterocycles. The van der Waals surface area contributed by atoms with E-state index in [4.69, 9.17) is 0 Å². The Morgan fingerprint density at radius 3 is 2.42 bits per heavy atom. The molecule has 0 bridgehead atoms. The quantitative estimate of drug-likeness (QED) is 0.853. The van der Waals surface area contributed by atoms with Crippen LogP contribution in [0.1, 0.15) is 38.4 Å². The van der Waals surface area contributed by atoms with Gasteiger partial charge < -0.3 is 0 Å². The van der Waals surface area contributed by atoms with Crippen LogP contribution in [0.15, 0.2) is 30.3 Å². The minimum Gasteiger partial charge on any atom is -0.279 e. The number of hydrogen-bond donors (Lipinski definition) is 2. The molecule has 4 atom stereocenters. The van der Waals surface area contributed by atoms with Gasteiger partial charge in [-0.25, -0.2) is 8.42 Å². The van der Waals surface area contributed by atoms with Crippen molar-refractivity contribution in [3.8, 4) is 0 Å². The van der Waals surface area contributed by atoms with E-state index in [0.29, 0.717) is 12.6 Å². The van der Waals surface area contributed by atoms with Gasteiger partial charge >= 0.3 is 0 Å². The summed E-state index contributed by atoms with van der Waals surface area (Å²) in [7, 11) is -3.41. The van der Waals surface area contributed by atoms with E-state index in [1.54, 1.807) is 4.31 Å². The highest BCUT2D eigenvalue weighted by atomic mass is 32.2. The van der Waals surface area contributed by atoms with Gasteiger partial charge in [0.15, 0.2) is 0 Å². The summed E-state index contributed by atoms with van der Waals surface area (Å²) in [5.74, 6) is 0. The van der Waals surface area contributed by atoms with E-state index in [1.807, 2.05) is 44.2 Å². The van der Waals surface area contributed by atoms with E-state index in [9.17, 15) is 8.42 Å². The van der Waals surface area contributed by atoms with Crippen molar-refractivity contribution in [3.05, 3.63) is 35.9 Å². The molecule has 24 heavy (non-hydrogen) atoms. The Labute approximate surface area is 144 Å². The first kappa shape index (κ1) is 16.5. The Morgan fingerprint density at radius 1 is 1.08 bits per heavy atom. The molecule has 4 rings (SSSR count). The second-order valence-corrected chi connectivity index (χ2v) is 9.31. The van der Waals surface area contributed by atoms with Crippen LogP contribution in [0.25, 0.3) is 0 Å². The number of nitrogens with zero attached hydrogens (tertiary/aromatic N) is 2. The minimum atomic E-state index is -3.41. The molecule has 7 heteroatoms. The van der Waals surface area contributed by atoms with Crippen LogP contribution in [0.5, 0.6) is 0 Å². The van der Waals surface area contributed by atoms with Gasteiger partial charge in [0, 0.05) is 31.2 Å². The average molecular weight is 350 g/mol. The lowest BCUT2D eigenvalue weighted by Crippen LogP contribution is -2.47. The van der Waals surface area contributed by atoms with Gasteiger partial charge in [0.25, 0.3) is 0 Å². The molecule has 0 spiro atoms. The largest absolute Gasteiger partial charge is 0.279 e. The first-order valence-electron chi connectivity index (χ1n) is 8.82. The van der Waals surface area contributed by atoms with Crippen LogP contribution in [0.2, 0.25) is 0 Å². The summed E-state index contributed by atoms with van der Waals surface area (Å²) in [6, 6.07) is 10.2. The number of fused-ring (bicyclic) bond motifs is 1. The molecule has 0 aromatic heterocycles. The van der Waals surface area contributed by atoms with E-state index < -0.39 is 15.3 Å². The van der Waals surface area contributed by atoms with Crippen molar-refractivity contribution in [2.45, 2.75) is 56.2 Å². The fourth-order valence-electron chi connectivity index (χ4n) is 4.61. The number of sulfonamides is 1. The first-order valence-corrected chi connectivity index (χ1v) is 10.3. The van der Waals surface area contributed by atoms with Crippen LogP contribution in [0.4, 0.5) is 0 Å². The molecule has 0 amide bonds. The number of benzene rings is 1. The van der Waals surface area contributed by atoms with Gasteiger partial charge in [0.1, 0.15) is 11.4 Å². The summed E-state index contributed by atoms with van der Waals surface area (Å²) in [5, 5.41) is -0.441. The molecule has 132 valence electrons. The molecular formula is C17H26N4O2S. The molecule has 0 aliphatic carbocycles. The fourth-order valence-corrected chi connectivity index (χ4v) is 6.99. The molecule has 2 N–H and O–H groups in total. The van der Waals surface area contributed by atoms with Crippen molar-refractivity contribution < 1.29 is 8.42 Å². The maximum Gasteiger partial charge on any atom is 0.221 e. The van der Waals surface area contributed by atoms with Crippen LogP contribution in [-0.4, -0.2) is 54.1 Å². The van der Waals surface area contributed by atoms with Gasteiger partial charge in [0.2, 0.25) is 10.0 Å². The maximum atomic E-state index is 13.5. The molecule has 1 aromatic carbocycles. The second-order valence-electron chi connectivity index (χ2n) is 7.26. The summed E-state index contributed by atoms with van der Waals surface area (Å²) in [4.78, 5) is 2.37. The number of nitrogens with one attached hydrogen (secondary N) is 2. The van der Waals surface area contributed by atoms with E-state index in [-0.39, 0.29) is 18.2 Å². The number of hydrazine groups is 1. The van der Waals surface area contributed by atoms with Crippen molar-refractivity contribution in [2.75, 3.05) is 13.1 Å². The lowest BCUT2D eigenvalue weighted by Gasteiger charge is -2.32. The Morgan fingerprint density at radius 2 is 1.75 bits per heavy atom. The van der Waals surface area contributed by atoms with Crippen molar-refractivity contribution >= 4 is 10.0 Å². The molecule has 3 heterocycles. The van der Waals surface area contributed by atoms with Gasteiger partial charge in [-0.05, 0) is 32.3 Å². The predicted molar refractivity (Wildman–Crippen MR) is 93.5 cm³/mol. The molecule has 3 fully saturated rings. The van der Waals surface area contributed by atoms with Crippen molar-refractivity contribution in [1.82, 2.24) is 20.1 Å². The zero-order valence-electron chi connectivity index (χ0n) is 14.2. The van der Waals surface area contributed by atoms with E-state index in [0.717, 1.165) is 24.9 Å². The zero-order valence-corrected chi connectivity index (χ0v) is 15.0. The molecule has 3 aliphatic heterocycles. The molecular weight excluding hydrogens is 324 g/mol. The fraction of sp³-hybridized carbons (Fsp3) is 0.647. The summed E-state index contributed by atoms with van der Waals surface area (Å²) in [6.45, 7) is 5.46. The molecule has 1 aromatic rings. The van der Waals surface area contributed by atoms with Crippen LogP contribution >= 0.6 is 0 Å². The SMILES string of the molecule is CC1NNC(C)C1S(=O)(=O)N1CC2CCCN2C1c1ccccc1. The van der Waals surface area contributed by atoms with Gasteiger partial charge in [-0.1, -0.05) is 30.3 Å². The third-order valence-corrected chi connectivity index (χ3v) is 8.20. The van der Waals surface area contributed by atoms with E-state index in [1.165, 1.54) is 0 Å². The van der Waals surface area contributed by atoms with Crippen molar-refractivity contribution in [3.63, 3.8) is 0 Å². The molecule has 0 radical (unpaired) electrons. The Balaban J connectivity index is 1.73. The monoisotopic (exact) mass is 350 g/mol. The van der Waals surface area contributed by atoms with Crippen molar-refractivity contribution in [2.24, 2.45) is 0 Å². The van der Waals surface area contributed by atoms with E-state index in [2.05, 4.69) is 15.8 Å². The van der Waals surface area contributed by atoms with Gasteiger partial charge in [0.05, 0.1) is 0 Å². The van der Waals surface area contributed by atoms with E-state index >= 15 is 0 Å². The van der Waals surface area contributed by atoms with Crippen LogP contribution in [0, 0.1) is 0 Å². The highest BCUT2D eigenvalue weighted by Gasteiger charge is 2.52. The predicted octanol–water partition coefficient (Wildman–Crippen LogP) is 1.05. The normalized spacial score (nSPS) is 37.8. The van der Waals surface area contributed by atoms with Crippen LogP contribution < -0.4 is 10.9 Å². The number of hydrogen-bond acceptors (Lipinski definition) is 5. The first-order chi connectivity index (χ1) is 11.5. The zero-order chi connectivity index (χ0) is 16.9. The second kappa shape index (κ2) is 6.07. The summed E-state index contributed by atoms with van der Waals surface area (Å²) in [6.07, 6.45) is 2.08. The molecule has 0 saturated carbocycles. The summed E-state index contributed by atoms with van der Waals surface area (Å²) >= 11 is 0. The molecule has 3 aliphatic rings. The third-order valence-electron chi connectivity index (χ3n) is 5.69. The minimum absolute atomic E-state index is 0.100. The molecule has 4 unspecified atom stereocenters. The third kappa shape index (κ3) is 2.50. The highest BCUT2D eigenvalue weighted by Crippen LogP contribution is 2.41. The van der Waals surface area contributed by atoms with Gasteiger partial charge in [-0.3, -0.25) is 15.8 Å². The Bertz CT molecular complexity index is 686. The topological polar surface area (TPSA) is 64.7 Å². The van der Waals surface area contributed by atoms with Gasteiger partial charge in [-0.15, -0.1) is 0 Å². The summed E-state index contributed by atoms with van der Waals surface area (Å²) < 4.78 is 28.7. The van der Waals surface area contributed by atoms with Crippen molar-refractivity contribution in [1.29, 1.82) is 0 Å². The van der Waals surface area contributed by atoms with Gasteiger partial charge in [-0.2, -0.15) is 4.31 Å². The summed E-state index contributed by atoms with van der Waals surface area (Å²) in [5.41, 5.74) is 7.24. The van der Waals surface area contributed by atoms with Crippen LogP contribution in [-0.2, 0) is 10.0 Å².